The molecule has 0 atom stereocenters. The van der Waals surface area contributed by atoms with E-state index in [1.54, 1.807) is 18.2 Å². The SMILES string of the molecule is Cc1ccc([N+](=O)[O-])cc1NCC1(C)CCN(C)CC1. The largest absolute Gasteiger partial charge is 0.384 e. The van der Waals surface area contributed by atoms with Crippen molar-refractivity contribution in [1.29, 1.82) is 0 Å². The molecular formula is C15H23N3O2. The number of nitro benzene ring substituents is 1. The summed E-state index contributed by atoms with van der Waals surface area (Å²) in [6.07, 6.45) is 2.31. The first-order chi connectivity index (χ1) is 9.39. The predicted molar refractivity (Wildman–Crippen MR) is 81.2 cm³/mol. The number of hydrogen-bond donors (Lipinski definition) is 1. The van der Waals surface area contributed by atoms with Crippen LogP contribution in [0.15, 0.2) is 18.2 Å². The molecule has 1 saturated heterocycles. The summed E-state index contributed by atoms with van der Waals surface area (Å²) in [6, 6.07) is 4.99. The highest BCUT2D eigenvalue weighted by Crippen LogP contribution is 2.31. The standard InChI is InChI=1S/C15H23N3O2/c1-12-4-5-13(18(19)20)10-14(12)16-11-15(2)6-8-17(3)9-7-15/h4-5,10,16H,6-9,11H2,1-3H3. The molecule has 110 valence electrons. The Morgan fingerprint density at radius 3 is 2.65 bits per heavy atom. The van der Waals surface area contributed by atoms with E-state index in [2.05, 4.69) is 24.2 Å². The fraction of sp³-hybridized carbons (Fsp3) is 0.600. The highest BCUT2D eigenvalue weighted by molar-refractivity contribution is 5.56. The summed E-state index contributed by atoms with van der Waals surface area (Å²) in [4.78, 5) is 12.8. The molecule has 5 heteroatoms. The van der Waals surface area contributed by atoms with Crippen molar-refractivity contribution < 1.29 is 4.92 Å². The first-order valence-corrected chi connectivity index (χ1v) is 7.07. The van der Waals surface area contributed by atoms with E-state index >= 15 is 0 Å². The van der Waals surface area contributed by atoms with E-state index in [-0.39, 0.29) is 16.0 Å². The summed E-state index contributed by atoms with van der Waals surface area (Å²) in [5.41, 5.74) is 2.34. The molecule has 1 aliphatic rings. The molecule has 0 spiro atoms. The van der Waals surface area contributed by atoms with Crippen LogP contribution in [0.3, 0.4) is 0 Å². The molecule has 1 heterocycles. The van der Waals surface area contributed by atoms with E-state index in [0.29, 0.717) is 0 Å². The lowest BCUT2D eigenvalue weighted by Crippen LogP contribution is -2.40. The number of nitrogens with one attached hydrogen (secondary N) is 1. The maximum Gasteiger partial charge on any atom is 0.271 e. The second kappa shape index (κ2) is 5.79. The Labute approximate surface area is 120 Å². The topological polar surface area (TPSA) is 58.4 Å². The van der Waals surface area contributed by atoms with E-state index in [1.807, 2.05) is 6.92 Å². The summed E-state index contributed by atoms with van der Waals surface area (Å²) in [5, 5.41) is 14.3. The zero-order valence-electron chi connectivity index (χ0n) is 12.5. The highest BCUT2D eigenvalue weighted by Gasteiger charge is 2.28. The first-order valence-electron chi connectivity index (χ1n) is 7.07. The minimum Gasteiger partial charge on any atom is -0.384 e. The van der Waals surface area contributed by atoms with Gasteiger partial charge in [-0.1, -0.05) is 13.0 Å². The molecule has 1 aromatic carbocycles. The van der Waals surface area contributed by atoms with Gasteiger partial charge in [-0.25, -0.2) is 0 Å². The number of rotatable bonds is 4. The molecule has 1 N–H and O–H groups in total. The molecule has 1 fully saturated rings. The maximum atomic E-state index is 10.8. The molecule has 0 aromatic heterocycles. The number of likely N-dealkylation sites (tertiary alicyclic amines) is 1. The van der Waals surface area contributed by atoms with Gasteiger partial charge < -0.3 is 10.2 Å². The van der Waals surface area contributed by atoms with Gasteiger partial charge in [0.1, 0.15) is 0 Å². The fourth-order valence-electron chi connectivity index (χ4n) is 2.56. The third-order valence-corrected chi connectivity index (χ3v) is 4.33. The number of anilines is 1. The Hall–Kier alpha value is -1.62. The van der Waals surface area contributed by atoms with Crippen molar-refractivity contribution in [3.8, 4) is 0 Å². The van der Waals surface area contributed by atoms with Gasteiger partial charge in [-0.05, 0) is 50.9 Å². The van der Waals surface area contributed by atoms with E-state index in [4.69, 9.17) is 0 Å². The summed E-state index contributed by atoms with van der Waals surface area (Å²) in [5.74, 6) is 0. The molecule has 0 unspecified atom stereocenters. The molecule has 0 aliphatic carbocycles. The highest BCUT2D eigenvalue weighted by atomic mass is 16.6. The van der Waals surface area contributed by atoms with Crippen LogP contribution in [0.4, 0.5) is 11.4 Å². The summed E-state index contributed by atoms with van der Waals surface area (Å²) in [7, 11) is 2.15. The number of hydrogen-bond acceptors (Lipinski definition) is 4. The van der Waals surface area contributed by atoms with E-state index in [0.717, 1.165) is 43.7 Å². The molecule has 0 radical (unpaired) electrons. The third kappa shape index (κ3) is 3.48. The van der Waals surface area contributed by atoms with Crippen molar-refractivity contribution in [3.63, 3.8) is 0 Å². The van der Waals surface area contributed by atoms with Gasteiger partial charge in [-0.15, -0.1) is 0 Å². The second-order valence-electron chi connectivity index (χ2n) is 6.22. The molecule has 1 aliphatic heterocycles. The average Bonchev–Trinajstić information content (AvgIpc) is 2.41. The number of benzene rings is 1. The van der Waals surface area contributed by atoms with Crippen LogP contribution in [0.5, 0.6) is 0 Å². The van der Waals surface area contributed by atoms with Crippen LogP contribution in [-0.2, 0) is 0 Å². The lowest BCUT2D eigenvalue weighted by atomic mass is 9.80. The van der Waals surface area contributed by atoms with Crippen LogP contribution in [-0.4, -0.2) is 36.5 Å². The Bertz CT molecular complexity index is 494. The van der Waals surface area contributed by atoms with Crippen LogP contribution in [0.1, 0.15) is 25.3 Å². The van der Waals surface area contributed by atoms with E-state index < -0.39 is 0 Å². The molecule has 1 aromatic rings. The molecular weight excluding hydrogens is 254 g/mol. The maximum absolute atomic E-state index is 10.8. The summed E-state index contributed by atoms with van der Waals surface area (Å²) >= 11 is 0. The zero-order chi connectivity index (χ0) is 14.8. The Balaban J connectivity index is 2.03. The number of nitrogens with zero attached hydrogens (tertiary/aromatic N) is 2. The van der Waals surface area contributed by atoms with Crippen LogP contribution in [0.2, 0.25) is 0 Å². The first kappa shape index (κ1) is 14.8. The smallest absolute Gasteiger partial charge is 0.271 e. The van der Waals surface area contributed by atoms with Gasteiger partial charge in [0.25, 0.3) is 5.69 Å². The number of non-ortho nitro benzene ring substituents is 1. The van der Waals surface area contributed by atoms with Gasteiger partial charge in [-0.2, -0.15) is 0 Å². The lowest BCUT2D eigenvalue weighted by molar-refractivity contribution is -0.384. The predicted octanol–water partition coefficient (Wildman–Crippen LogP) is 3.05. The second-order valence-corrected chi connectivity index (χ2v) is 6.22. The van der Waals surface area contributed by atoms with Crippen molar-refractivity contribution in [2.24, 2.45) is 5.41 Å². The average molecular weight is 277 g/mol. The van der Waals surface area contributed by atoms with Crippen molar-refractivity contribution in [3.05, 3.63) is 33.9 Å². The van der Waals surface area contributed by atoms with Crippen molar-refractivity contribution in [1.82, 2.24) is 4.90 Å². The van der Waals surface area contributed by atoms with Crippen LogP contribution >= 0.6 is 0 Å². The molecule has 0 saturated carbocycles. The summed E-state index contributed by atoms with van der Waals surface area (Å²) < 4.78 is 0. The van der Waals surface area contributed by atoms with Crippen molar-refractivity contribution in [2.75, 3.05) is 32.0 Å². The quantitative estimate of drug-likeness (QED) is 0.679. The zero-order valence-corrected chi connectivity index (χ0v) is 12.5. The molecule has 0 bridgehead atoms. The third-order valence-electron chi connectivity index (χ3n) is 4.33. The normalized spacial score (nSPS) is 18.8. The van der Waals surface area contributed by atoms with Gasteiger partial charge in [0.2, 0.25) is 0 Å². The minimum atomic E-state index is -0.345. The van der Waals surface area contributed by atoms with E-state index in [1.165, 1.54) is 0 Å². The van der Waals surface area contributed by atoms with Crippen molar-refractivity contribution >= 4 is 11.4 Å². The molecule has 20 heavy (non-hydrogen) atoms. The molecule has 5 nitrogen and oxygen atoms in total. The number of nitro groups is 1. The van der Waals surface area contributed by atoms with Gasteiger partial charge in [0, 0.05) is 24.4 Å². The minimum absolute atomic E-state index is 0.145. The van der Waals surface area contributed by atoms with Gasteiger partial charge in [0.05, 0.1) is 4.92 Å². The monoisotopic (exact) mass is 277 g/mol. The number of piperidine rings is 1. The summed E-state index contributed by atoms with van der Waals surface area (Å²) in [6.45, 7) is 7.36. The fourth-order valence-corrected chi connectivity index (χ4v) is 2.56. The Kier molecular flexibility index (Phi) is 4.28. The number of aryl methyl sites for hydroxylation is 1. The lowest BCUT2D eigenvalue weighted by Gasteiger charge is -2.38. The van der Waals surface area contributed by atoms with E-state index in [9.17, 15) is 10.1 Å². The van der Waals surface area contributed by atoms with Gasteiger partial charge in [-0.3, -0.25) is 10.1 Å². The van der Waals surface area contributed by atoms with Crippen LogP contribution < -0.4 is 5.32 Å². The molecule has 2 rings (SSSR count). The Morgan fingerprint density at radius 1 is 1.40 bits per heavy atom. The van der Waals surface area contributed by atoms with Crippen LogP contribution in [0, 0.1) is 22.5 Å². The molecule has 0 amide bonds. The van der Waals surface area contributed by atoms with Gasteiger partial charge >= 0.3 is 0 Å². The Morgan fingerprint density at radius 2 is 2.05 bits per heavy atom. The van der Waals surface area contributed by atoms with Crippen molar-refractivity contribution in [2.45, 2.75) is 26.7 Å². The van der Waals surface area contributed by atoms with Crippen LogP contribution in [0.25, 0.3) is 0 Å². The van der Waals surface area contributed by atoms with Gasteiger partial charge in [0.15, 0.2) is 0 Å².